The van der Waals surface area contributed by atoms with Crippen LogP contribution in [0.25, 0.3) is 0 Å². The summed E-state index contributed by atoms with van der Waals surface area (Å²) in [6, 6.07) is 20.3. The molecule has 2 aliphatic heterocycles. The van der Waals surface area contributed by atoms with E-state index in [0.29, 0.717) is 0 Å². The molecule has 0 saturated carbocycles. The van der Waals surface area contributed by atoms with Crippen LogP contribution in [-0.2, 0) is 0 Å². The fraction of sp³-hybridized carbons (Fsp3) is 0.296. The number of hydrogen-bond donors (Lipinski definition) is 0. The average molecular weight is 605 g/mol. The van der Waals surface area contributed by atoms with E-state index in [9.17, 15) is 0 Å². The molecule has 0 spiro atoms. The van der Waals surface area contributed by atoms with E-state index in [0.717, 1.165) is 67.3 Å². The number of rotatable bonds is 7. The molecule has 0 saturated heterocycles. The monoisotopic (exact) mass is 602 g/mol. The van der Waals surface area contributed by atoms with Gasteiger partial charge in [0.2, 0.25) is 6.23 Å². The van der Waals surface area contributed by atoms with Crippen LogP contribution >= 0.6 is 43.5 Å². The summed E-state index contributed by atoms with van der Waals surface area (Å²) >= 11 is 13.5. The third-order valence-corrected chi connectivity index (χ3v) is 7.47. The van der Waals surface area contributed by atoms with E-state index in [1.54, 1.807) is 0 Å². The quantitative estimate of drug-likeness (QED) is 0.253. The molecule has 176 valence electrons. The van der Waals surface area contributed by atoms with Gasteiger partial charge in [0.1, 0.15) is 11.5 Å². The Morgan fingerprint density at radius 2 is 1.82 bits per heavy atom. The molecule has 0 bridgehead atoms. The average Bonchev–Trinajstić information content (AvgIpc) is 3.28. The Balaban J connectivity index is 1.47. The third kappa shape index (κ3) is 4.86. The largest absolute Gasteiger partial charge is 0.494 e. The second-order valence-electron chi connectivity index (χ2n) is 8.55. The molecule has 0 aliphatic carbocycles. The zero-order valence-electron chi connectivity index (χ0n) is 18.8. The van der Waals surface area contributed by atoms with Crippen molar-refractivity contribution in [2.75, 3.05) is 6.61 Å². The van der Waals surface area contributed by atoms with Crippen molar-refractivity contribution in [3.63, 3.8) is 0 Å². The summed E-state index contributed by atoms with van der Waals surface area (Å²) < 4.78 is 14.4. The van der Waals surface area contributed by atoms with Crippen molar-refractivity contribution in [2.45, 2.75) is 44.9 Å². The zero-order valence-corrected chi connectivity index (χ0v) is 22.7. The molecule has 3 aromatic rings. The summed E-state index contributed by atoms with van der Waals surface area (Å²) in [5.41, 5.74) is 4.24. The van der Waals surface area contributed by atoms with Crippen LogP contribution in [0.4, 0.5) is 0 Å². The van der Waals surface area contributed by atoms with Crippen LogP contribution in [-0.4, -0.2) is 17.3 Å². The molecule has 34 heavy (non-hydrogen) atoms. The maximum Gasteiger partial charge on any atom is 0.213 e. The summed E-state index contributed by atoms with van der Waals surface area (Å²) in [7, 11) is 0. The van der Waals surface area contributed by atoms with Gasteiger partial charge in [-0.05, 0) is 76.4 Å². The van der Waals surface area contributed by atoms with Crippen molar-refractivity contribution in [3.05, 3.63) is 91.3 Å². The fourth-order valence-corrected chi connectivity index (χ4v) is 5.90. The maximum atomic E-state index is 6.56. The first-order chi connectivity index (χ1) is 16.5. The predicted molar refractivity (Wildman–Crippen MR) is 144 cm³/mol. The summed E-state index contributed by atoms with van der Waals surface area (Å²) in [6.07, 6.45) is 3.89. The Morgan fingerprint density at radius 1 is 1.06 bits per heavy atom. The molecule has 5 rings (SSSR count). The van der Waals surface area contributed by atoms with E-state index in [1.165, 1.54) is 12.8 Å². The van der Waals surface area contributed by atoms with Gasteiger partial charge in [0, 0.05) is 27.0 Å². The van der Waals surface area contributed by atoms with Crippen LogP contribution in [0.5, 0.6) is 11.5 Å². The number of fused-ring (bicyclic) bond motifs is 3. The van der Waals surface area contributed by atoms with Gasteiger partial charge >= 0.3 is 0 Å². The molecule has 0 radical (unpaired) electrons. The maximum absolute atomic E-state index is 6.56. The summed E-state index contributed by atoms with van der Waals surface area (Å²) in [6.45, 7) is 2.94. The lowest BCUT2D eigenvalue weighted by molar-refractivity contribution is -0.0197. The topological polar surface area (TPSA) is 34.1 Å². The SMILES string of the molecule is CCCCCOc1ccc(C2Oc3c(Br)cc(Br)cc3C3CC(c4ccc(Cl)cc4)=NN32)cc1. The Bertz CT molecular complexity index is 1200. The second-order valence-corrected chi connectivity index (χ2v) is 10.8. The highest BCUT2D eigenvalue weighted by molar-refractivity contribution is 9.11. The third-order valence-electron chi connectivity index (χ3n) is 6.17. The highest BCUT2D eigenvalue weighted by atomic mass is 79.9. The zero-order chi connectivity index (χ0) is 23.7. The van der Waals surface area contributed by atoms with Crippen molar-refractivity contribution in [3.8, 4) is 11.5 Å². The molecule has 2 unspecified atom stereocenters. The molecule has 0 N–H and O–H groups in total. The summed E-state index contributed by atoms with van der Waals surface area (Å²) in [5, 5.41) is 7.84. The molecule has 7 heteroatoms. The molecule has 0 aromatic heterocycles. The smallest absolute Gasteiger partial charge is 0.213 e. The van der Waals surface area contributed by atoms with Crippen LogP contribution in [0.3, 0.4) is 0 Å². The normalized spacial score (nSPS) is 18.7. The number of hydrogen-bond acceptors (Lipinski definition) is 4. The van der Waals surface area contributed by atoms with Gasteiger partial charge in [-0.25, -0.2) is 5.01 Å². The Morgan fingerprint density at radius 3 is 2.56 bits per heavy atom. The van der Waals surface area contributed by atoms with Gasteiger partial charge < -0.3 is 9.47 Å². The van der Waals surface area contributed by atoms with Crippen LogP contribution in [0.1, 0.15) is 61.6 Å². The van der Waals surface area contributed by atoms with E-state index in [1.807, 2.05) is 42.5 Å². The standard InChI is InChI=1S/C27H25Br2ClN2O2/c1-2-3-4-13-33-21-11-7-18(8-12-21)27-32-25(22-14-19(28)15-23(29)26(22)34-27)16-24(31-32)17-5-9-20(30)10-6-17/h5-12,14-15,25,27H,2-4,13,16H2,1H3. The van der Waals surface area contributed by atoms with Crippen molar-refractivity contribution in [1.29, 1.82) is 0 Å². The molecule has 4 nitrogen and oxygen atoms in total. The minimum absolute atomic E-state index is 0.0678. The Labute approximate surface area is 222 Å². The molecule has 3 aromatic carbocycles. The number of ether oxygens (including phenoxy) is 2. The highest BCUT2D eigenvalue weighted by Gasteiger charge is 2.42. The summed E-state index contributed by atoms with van der Waals surface area (Å²) in [4.78, 5) is 0. The second kappa shape index (κ2) is 10.3. The van der Waals surface area contributed by atoms with E-state index in [4.69, 9.17) is 26.2 Å². The number of unbranched alkanes of at least 4 members (excludes halogenated alkanes) is 2. The Hall–Kier alpha value is -2.02. The highest BCUT2D eigenvalue weighted by Crippen LogP contribution is 2.51. The molecule has 0 amide bonds. The van der Waals surface area contributed by atoms with Gasteiger partial charge in [-0.2, -0.15) is 5.10 Å². The van der Waals surface area contributed by atoms with E-state index in [-0.39, 0.29) is 12.3 Å². The molecule has 2 aliphatic rings. The van der Waals surface area contributed by atoms with Gasteiger partial charge in [0.15, 0.2) is 0 Å². The van der Waals surface area contributed by atoms with Crippen molar-refractivity contribution in [2.24, 2.45) is 5.10 Å². The molecular formula is C27H25Br2ClN2O2. The lowest BCUT2D eigenvalue weighted by atomic mass is 9.96. The minimum atomic E-state index is -0.339. The summed E-state index contributed by atoms with van der Waals surface area (Å²) in [5.74, 6) is 1.74. The minimum Gasteiger partial charge on any atom is -0.494 e. The molecule has 2 atom stereocenters. The Kier molecular flexibility index (Phi) is 7.19. The number of halogens is 3. The first kappa shape index (κ1) is 23.7. The molecular weight excluding hydrogens is 580 g/mol. The van der Waals surface area contributed by atoms with Crippen LogP contribution in [0.2, 0.25) is 5.02 Å². The fourth-order valence-electron chi connectivity index (χ4n) is 4.42. The van der Waals surface area contributed by atoms with Crippen LogP contribution in [0, 0.1) is 0 Å². The molecule has 0 fully saturated rings. The molecule has 2 heterocycles. The van der Waals surface area contributed by atoms with E-state index >= 15 is 0 Å². The van der Waals surface area contributed by atoms with Gasteiger partial charge in [-0.1, -0.05) is 59.4 Å². The lowest BCUT2D eigenvalue weighted by Crippen LogP contribution is -2.33. The van der Waals surface area contributed by atoms with Crippen molar-refractivity contribution in [1.82, 2.24) is 5.01 Å². The van der Waals surface area contributed by atoms with Gasteiger partial charge in [0.05, 0.1) is 22.8 Å². The predicted octanol–water partition coefficient (Wildman–Crippen LogP) is 8.68. The number of nitrogens with zero attached hydrogens (tertiary/aromatic N) is 2. The van der Waals surface area contributed by atoms with Gasteiger partial charge in [0.25, 0.3) is 0 Å². The van der Waals surface area contributed by atoms with Crippen LogP contribution < -0.4 is 9.47 Å². The van der Waals surface area contributed by atoms with E-state index in [2.05, 4.69) is 62.0 Å². The number of hydrazone groups is 1. The first-order valence-corrected chi connectivity index (χ1v) is 13.5. The lowest BCUT2D eigenvalue weighted by Gasteiger charge is -2.38. The van der Waals surface area contributed by atoms with Crippen molar-refractivity contribution >= 4 is 49.2 Å². The van der Waals surface area contributed by atoms with Crippen LogP contribution in [0.15, 0.2) is 74.7 Å². The van der Waals surface area contributed by atoms with Gasteiger partial charge in [-0.15, -0.1) is 0 Å². The first-order valence-electron chi connectivity index (χ1n) is 11.5. The van der Waals surface area contributed by atoms with Crippen molar-refractivity contribution < 1.29 is 9.47 Å². The van der Waals surface area contributed by atoms with Gasteiger partial charge in [-0.3, -0.25) is 0 Å². The van der Waals surface area contributed by atoms with E-state index < -0.39 is 0 Å². The number of benzene rings is 3.